The van der Waals surface area contributed by atoms with Crippen LogP contribution in [0.5, 0.6) is 0 Å². The molecule has 2 N–H and O–H groups in total. The summed E-state index contributed by atoms with van der Waals surface area (Å²) in [4.78, 5) is 2.07. The third kappa shape index (κ3) is 4.61. The van der Waals surface area contributed by atoms with Crippen LogP contribution < -0.4 is 15.5 Å². The summed E-state index contributed by atoms with van der Waals surface area (Å²) in [5.74, 6) is 0. The number of rotatable bonds is 4. The van der Waals surface area contributed by atoms with Gasteiger partial charge in [-0.15, -0.1) is 0 Å². The lowest BCUT2D eigenvalue weighted by Gasteiger charge is -2.14. The number of thiocarbonyl (C=S) groups is 1. The number of nitrogens with zero attached hydrogens (tertiary/aromatic N) is 1. The van der Waals surface area contributed by atoms with Gasteiger partial charge in [-0.1, -0.05) is 29.8 Å². The van der Waals surface area contributed by atoms with Gasteiger partial charge in [-0.3, -0.25) is 0 Å². The number of halogens is 1. The number of benzene rings is 2. The van der Waals surface area contributed by atoms with E-state index in [2.05, 4.69) is 39.8 Å². The van der Waals surface area contributed by atoms with Gasteiger partial charge in [0.2, 0.25) is 0 Å². The van der Waals surface area contributed by atoms with Crippen molar-refractivity contribution in [2.24, 2.45) is 0 Å². The van der Waals surface area contributed by atoms with Gasteiger partial charge in [-0.25, -0.2) is 0 Å². The van der Waals surface area contributed by atoms with E-state index in [0.717, 1.165) is 16.3 Å². The third-order valence-corrected chi connectivity index (χ3v) is 3.99. The summed E-state index contributed by atoms with van der Waals surface area (Å²) in [6, 6.07) is 14.2. The molecule has 22 heavy (non-hydrogen) atoms. The van der Waals surface area contributed by atoms with Gasteiger partial charge < -0.3 is 15.5 Å². The Kier molecular flexibility index (Phi) is 5.63. The second kappa shape index (κ2) is 7.47. The van der Waals surface area contributed by atoms with E-state index in [1.807, 2.05) is 39.2 Å². The molecule has 0 aliphatic carbocycles. The molecule has 2 rings (SSSR count). The molecule has 0 saturated heterocycles. The molecule has 0 saturated carbocycles. The van der Waals surface area contributed by atoms with E-state index in [9.17, 15) is 0 Å². The predicted molar refractivity (Wildman–Crippen MR) is 100 cm³/mol. The minimum absolute atomic E-state index is 0.580. The van der Waals surface area contributed by atoms with Gasteiger partial charge in [0.25, 0.3) is 0 Å². The van der Waals surface area contributed by atoms with Gasteiger partial charge in [-0.2, -0.15) is 0 Å². The Bertz CT molecular complexity index is 653. The highest BCUT2D eigenvalue weighted by Gasteiger charge is 2.01. The van der Waals surface area contributed by atoms with Crippen LogP contribution in [0, 0.1) is 6.92 Å². The summed E-state index contributed by atoms with van der Waals surface area (Å²) >= 11 is 11.4. The first-order valence-electron chi connectivity index (χ1n) is 7.03. The number of hydrogen-bond donors (Lipinski definition) is 2. The first kappa shape index (κ1) is 16.6. The standard InChI is InChI=1S/C17H20ClN3S/c1-12-4-7-14(10-16(12)18)20-17(22)19-11-13-5-8-15(9-6-13)21(2)3/h4-10H,11H2,1-3H3,(H2,19,20,22). The van der Waals surface area contributed by atoms with Crippen LogP contribution in [0.25, 0.3) is 0 Å². The van der Waals surface area contributed by atoms with Crippen molar-refractivity contribution in [3.05, 3.63) is 58.6 Å². The Morgan fingerprint density at radius 1 is 1.14 bits per heavy atom. The van der Waals surface area contributed by atoms with Crippen LogP contribution in [-0.4, -0.2) is 19.2 Å². The first-order chi connectivity index (χ1) is 10.5. The molecule has 0 radical (unpaired) electrons. The molecule has 0 aromatic heterocycles. The van der Waals surface area contributed by atoms with E-state index in [-0.39, 0.29) is 0 Å². The average molecular weight is 334 g/mol. The van der Waals surface area contributed by atoms with E-state index in [1.54, 1.807) is 0 Å². The van der Waals surface area contributed by atoms with Gasteiger partial charge in [0, 0.05) is 37.0 Å². The second-order valence-corrected chi connectivity index (χ2v) is 6.15. The molecule has 116 valence electrons. The maximum absolute atomic E-state index is 6.10. The summed E-state index contributed by atoms with van der Waals surface area (Å²) in [5.41, 5.74) is 4.29. The van der Waals surface area contributed by atoms with E-state index in [0.29, 0.717) is 11.7 Å². The van der Waals surface area contributed by atoms with Crippen molar-refractivity contribution in [2.45, 2.75) is 13.5 Å². The maximum Gasteiger partial charge on any atom is 0.171 e. The Balaban J connectivity index is 1.88. The molecule has 0 bridgehead atoms. The molecule has 0 fully saturated rings. The largest absolute Gasteiger partial charge is 0.378 e. The van der Waals surface area contributed by atoms with E-state index in [4.69, 9.17) is 23.8 Å². The molecule has 2 aromatic rings. The number of aryl methyl sites for hydroxylation is 1. The Morgan fingerprint density at radius 2 is 1.82 bits per heavy atom. The zero-order valence-electron chi connectivity index (χ0n) is 13.0. The van der Waals surface area contributed by atoms with Gasteiger partial charge in [0.05, 0.1) is 0 Å². The van der Waals surface area contributed by atoms with Crippen LogP contribution in [0.3, 0.4) is 0 Å². The summed E-state index contributed by atoms with van der Waals surface area (Å²) in [5, 5.41) is 7.64. The Hall–Kier alpha value is -1.78. The van der Waals surface area contributed by atoms with Gasteiger partial charge in [0.15, 0.2) is 5.11 Å². The maximum atomic E-state index is 6.10. The quantitative estimate of drug-likeness (QED) is 0.820. The lowest BCUT2D eigenvalue weighted by Crippen LogP contribution is -2.27. The zero-order valence-corrected chi connectivity index (χ0v) is 14.6. The highest BCUT2D eigenvalue weighted by Crippen LogP contribution is 2.19. The van der Waals surface area contributed by atoms with E-state index < -0.39 is 0 Å². The van der Waals surface area contributed by atoms with Crippen molar-refractivity contribution in [1.29, 1.82) is 0 Å². The smallest absolute Gasteiger partial charge is 0.171 e. The molecule has 5 heteroatoms. The molecule has 0 amide bonds. The third-order valence-electron chi connectivity index (χ3n) is 3.34. The molecule has 0 heterocycles. The molecule has 0 aliphatic rings. The highest BCUT2D eigenvalue weighted by molar-refractivity contribution is 7.80. The van der Waals surface area contributed by atoms with Crippen molar-refractivity contribution in [1.82, 2.24) is 5.32 Å². The summed E-state index contributed by atoms with van der Waals surface area (Å²) in [6.45, 7) is 2.65. The van der Waals surface area contributed by atoms with Crippen molar-refractivity contribution >= 4 is 40.3 Å². The minimum atomic E-state index is 0.580. The lowest BCUT2D eigenvalue weighted by molar-refractivity contribution is 0.925. The summed E-state index contributed by atoms with van der Waals surface area (Å²) in [7, 11) is 4.05. The number of anilines is 2. The number of nitrogens with one attached hydrogen (secondary N) is 2. The Morgan fingerprint density at radius 3 is 2.41 bits per heavy atom. The van der Waals surface area contributed by atoms with Crippen LogP contribution in [0.1, 0.15) is 11.1 Å². The van der Waals surface area contributed by atoms with Crippen molar-refractivity contribution in [3.63, 3.8) is 0 Å². The monoisotopic (exact) mass is 333 g/mol. The average Bonchev–Trinajstić information content (AvgIpc) is 2.49. The van der Waals surface area contributed by atoms with Crippen LogP contribution in [0.4, 0.5) is 11.4 Å². The fourth-order valence-electron chi connectivity index (χ4n) is 1.94. The first-order valence-corrected chi connectivity index (χ1v) is 7.81. The molecule has 2 aromatic carbocycles. The number of hydrogen-bond acceptors (Lipinski definition) is 2. The molecule has 0 aliphatic heterocycles. The molecular formula is C17H20ClN3S. The summed E-state index contributed by atoms with van der Waals surface area (Å²) < 4.78 is 0. The lowest BCUT2D eigenvalue weighted by atomic mass is 10.2. The normalized spacial score (nSPS) is 10.2. The van der Waals surface area contributed by atoms with Crippen molar-refractivity contribution in [2.75, 3.05) is 24.3 Å². The fraction of sp³-hybridized carbons (Fsp3) is 0.235. The van der Waals surface area contributed by atoms with E-state index >= 15 is 0 Å². The fourth-order valence-corrected chi connectivity index (χ4v) is 2.31. The van der Waals surface area contributed by atoms with Crippen LogP contribution in [0.2, 0.25) is 5.02 Å². The van der Waals surface area contributed by atoms with Gasteiger partial charge in [-0.05, 0) is 54.5 Å². The van der Waals surface area contributed by atoms with Crippen molar-refractivity contribution < 1.29 is 0 Å². The van der Waals surface area contributed by atoms with Crippen LogP contribution in [-0.2, 0) is 6.54 Å². The minimum Gasteiger partial charge on any atom is -0.378 e. The van der Waals surface area contributed by atoms with Crippen LogP contribution >= 0.6 is 23.8 Å². The van der Waals surface area contributed by atoms with Gasteiger partial charge >= 0.3 is 0 Å². The topological polar surface area (TPSA) is 27.3 Å². The summed E-state index contributed by atoms with van der Waals surface area (Å²) in [6.07, 6.45) is 0. The second-order valence-electron chi connectivity index (χ2n) is 5.33. The van der Waals surface area contributed by atoms with E-state index in [1.165, 1.54) is 11.3 Å². The zero-order chi connectivity index (χ0) is 16.1. The van der Waals surface area contributed by atoms with Crippen molar-refractivity contribution in [3.8, 4) is 0 Å². The molecule has 3 nitrogen and oxygen atoms in total. The SMILES string of the molecule is Cc1ccc(NC(=S)NCc2ccc(N(C)C)cc2)cc1Cl. The molecule has 0 atom stereocenters. The highest BCUT2D eigenvalue weighted by atomic mass is 35.5. The van der Waals surface area contributed by atoms with Crippen LogP contribution in [0.15, 0.2) is 42.5 Å². The molecule has 0 unspecified atom stereocenters. The van der Waals surface area contributed by atoms with Gasteiger partial charge in [0.1, 0.15) is 0 Å². The molecular weight excluding hydrogens is 314 g/mol. The predicted octanol–water partition coefficient (Wildman–Crippen LogP) is 4.20. The Labute approximate surface area is 142 Å². The molecule has 0 spiro atoms.